The maximum absolute atomic E-state index is 12.3. The Labute approximate surface area is 159 Å². The van der Waals surface area contributed by atoms with Crippen molar-refractivity contribution in [3.05, 3.63) is 101 Å². The molecule has 0 radical (unpaired) electrons. The molecule has 2 N–H and O–H groups in total. The number of benzene rings is 3. The summed E-state index contributed by atoms with van der Waals surface area (Å²) in [6.07, 6.45) is 0. The fourth-order valence-corrected chi connectivity index (χ4v) is 2.86. The van der Waals surface area contributed by atoms with Crippen LogP contribution in [-0.4, -0.2) is 5.91 Å². The molecular formula is C22H21ClN2O. The summed E-state index contributed by atoms with van der Waals surface area (Å²) in [5.74, 6) is -0.108. The van der Waals surface area contributed by atoms with E-state index in [0.29, 0.717) is 12.1 Å². The summed E-state index contributed by atoms with van der Waals surface area (Å²) in [5, 5.41) is 7.10. The normalized spacial score (nSPS) is 11.8. The molecule has 26 heavy (non-hydrogen) atoms. The highest BCUT2D eigenvalue weighted by atomic mass is 35.5. The van der Waals surface area contributed by atoms with Crippen LogP contribution < -0.4 is 10.6 Å². The second-order valence-electron chi connectivity index (χ2n) is 6.17. The molecule has 0 aliphatic rings. The van der Waals surface area contributed by atoms with Gasteiger partial charge in [0.15, 0.2) is 0 Å². The van der Waals surface area contributed by atoms with E-state index in [1.165, 1.54) is 0 Å². The highest BCUT2D eigenvalue weighted by Gasteiger charge is 2.08. The van der Waals surface area contributed by atoms with E-state index in [2.05, 4.69) is 23.6 Å². The first kappa shape index (κ1) is 18.2. The van der Waals surface area contributed by atoms with E-state index in [4.69, 9.17) is 11.6 Å². The molecule has 0 saturated heterocycles. The molecular weight excluding hydrogens is 344 g/mol. The Morgan fingerprint density at radius 1 is 0.962 bits per heavy atom. The van der Waals surface area contributed by atoms with Crippen LogP contribution in [0.25, 0.3) is 0 Å². The maximum atomic E-state index is 12.3. The SMILES string of the molecule is C[C@@H](NCc1ccc(C(=O)Nc2ccccc2)cc1)c1cccc(Cl)c1. The number of anilines is 1. The van der Waals surface area contributed by atoms with Crippen molar-refractivity contribution in [1.29, 1.82) is 0 Å². The molecule has 0 saturated carbocycles. The Balaban J connectivity index is 1.56. The largest absolute Gasteiger partial charge is 0.322 e. The third kappa shape index (κ3) is 4.94. The maximum Gasteiger partial charge on any atom is 0.255 e. The molecule has 0 unspecified atom stereocenters. The Hall–Kier alpha value is -2.62. The number of para-hydroxylation sites is 1. The van der Waals surface area contributed by atoms with Gasteiger partial charge in [0.05, 0.1) is 0 Å². The second-order valence-corrected chi connectivity index (χ2v) is 6.61. The fourth-order valence-electron chi connectivity index (χ4n) is 2.66. The van der Waals surface area contributed by atoms with Gasteiger partial charge in [-0.05, 0) is 54.4 Å². The lowest BCUT2D eigenvalue weighted by atomic mass is 10.1. The number of hydrogen-bond acceptors (Lipinski definition) is 2. The number of hydrogen-bond donors (Lipinski definition) is 2. The van der Waals surface area contributed by atoms with Gasteiger partial charge in [-0.25, -0.2) is 0 Å². The lowest BCUT2D eigenvalue weighted by Gasteiger charge is -2.15. The van der Waals surface area contributed by atoms with Crippen molar-refractivity contribution in [2.45, 2.75) is 19.5 Å². The summed E-state index contributed by atoms with van der Waals surface area (Å²) < 4.78 is 0. The van der Waals surface area contributed by atoms with Gasteiger partial charge in [0.25, 0.3) is 5.91 Å². The minimum atomic E-state index is -0.108. The van der Waals surface area contributed by atoms with Crippen molar-refractivity contribution >= 4 is 23.2 Å². The quantitative estimate of drug-likeness (QED) is 0.611. The van der Waals surface area contributed by atoms with Gasteiger partial charge in [0.1, 0.15) is 0 Å². The molecule has 3 nitrogen and oxygen atoms in total. The molecule has 0 heterocycles. The smallest absolute Gasteiger partial charge is 0.255 e. The lowest BCUT2D eigenvalue weighted by molar-refractivity contribution is 0.102. The number of carbonyl (C=O) groups is 1. The molecule has 0 spiro atoms. The highest BCUT2D eigenvalue weighted by Crippen LogP contribution is 2.18. The minimum Gasteiger partial charge on any atom is -0.322 e. The van der Waals surface area contributed by atoms with Crippen molar-refractivity contribution < 1.29 is 4.79 Å². The molecule has 132 valence electrons. The molecule has 1 amide bonds. The monoisotopic (exact) mass is 364 g/mol. The second kappa shape index (κ2) is 8.65. The third-order valence-electron chi connectivity index (χ3n) is 4.21. The van der Waals surface area contributed by atoms with Crippen LogP contribution in [0.2, 0.25) is 5.02 Å². The molecule has 0 aliphatic heterocycles. The van der Waals surface area contributed by atoms with Crippen molar-refractivity contribution in [2.24, 2.45) is 0 Å². The summed E-state index contributed by atoms with van der Waals surface area (Å²) in [5.41, 5.74) is 3.70. The summed E-state index contributed by atoms with van der Waals surface area (Å²) >= 11 is 6.05. The molecule has 0 fully saturated rings. The van der Waals surface area contributed by atoms with Gasteiger partial charge in [-0.1, -0.05) is 54.1 Å². The fraction of sp³-hybridized carbons (Fsp3) is 0.136. The zero-order valence-corrected chi connectivity index (χ0v) is 15.3. The van der Waals surface area contributed by atoms with Gasteiger partial charge in [0.2, 0.25) is 0 Å². The highest BCUT2D eigenvalue weighted by molar-refractivity contribution is 6.30. The van der Waals surface area contributed by atoms with Crippen LogP contribution in [0.1, 0.15) is 34.5 Å². The predicted molar refractivity (Wildman–Crippen MR) is 108 cm³/mol. The van der Waals surface area contributed by atoms with Gasteiger partial charge in [-0.3, -0.25) is 4.79 Å². The zero-order chi connectivity index (χ0) is 18.4. The van der Waals surface area contributed by atoms with Crippen LogP contribution in [0.3, 0.4) is 0 Å². The topological polar surface area (TPSA) is 41.1 Å². The van der Waals surface area contributed by atoms with E-state index in [-0.39, 0.29) is 11.9 Å². The van der Waals surface area contributed by atoms with Crippen molar-refractivity contribution in [2.75, 3.05) is 5.32 Å². The molecule has 1 atom stereocenters. The van der Waals surface area contributed by atoms with Crippen LogP contribution in [-0.2, 0) is 6.54 Å². The molecule has 3 aromatic carbocycles. The Kier molecular flexibility index (Phi) is 6.05. The minimum absolute atomic E-state index is 0.108. The van der Waals surface area contributed by atoms with E-state index < -0.39 is 0 Å². The first-order chi connectivity index (χ1) is 12.6. The Bertz CT molecular complexity index is 863. The van der Waals surface area contributed by atoms with Gasteiger partial charge in [0, 0.05) is 28.9 Å². The summed E-state index contributed by atoms with van der Waals surface area (Å²) in [6, 6.07) is 25.1. The van der Waals surface area contributed by atoms with E-state index in [1.54, 1.807) is 0 Å². The predicted octanol–water partition coefficient (Wildman–Crippen LogP) is 5.44. The van der Waals surface area contributed by atoms with Crippen LogP contribution >= 0.6 is 11.6 Å². The Morgan fingerprint density at radius 3 is 2.38 bits per heavy atom. The summed E-state index contributed by atoms with van der Waals surface area (Å²) in [6.45, 7) is 2.82. The number of halogens is 1. The van der Waals surface area contributed by atoms with Crippen LogP contribution in [0.15, 0.2) is 78.9 Å². The van der Waals surface area contributed by atoms with E-state index in [0.717, 1.165) is 21.8 Å². The van der Waals surface area contributed by atoms with Crippen LogP contribution in [0.4, 0.5) is 5.69 Å². The van der Waals surface area contributed by atoms with Crippen molar-refractivity contribution in [1.82, 2.24) is 5.32 Å². The van der Waals surface area contributed by atoms with Gasteiger partial charge in [-0.2, -0.15) is 0 Å². The third-order valence-corrected chi connectivity index (χ3v) is 4.44. The zero-order valence-electron chi connectivity index (χ0n) is 14.6. The number of amides is 1. The molecule has 4 heteroatoms. The van der Waals surface area contributed by atoms with Crippen LogP contribution in [0, 0.1) is 0 Å². The van der Waals surface area contributed by atoms with E-state index >= 15 is 0 Å². The molecule has 0 aromatic heterocycles. The number of rotatable bonds is 6. The number of carbonyl (C=O) groups excluding carboxylic acids is 1. The first-order valence-corrected chi connectivity index (χ1v) is 8.94. The van der Waals surface area contributed by atoms with Gasteiger partial charge >= 0.3 is 0 Å². The number of nitrogens with one attached hydrogen (secondary N) is 2. The van der Waals surface area contributed by atoms with Crippen molar-refractivity contribution in [3.8, 4) is 0 Å². The van der Waals surface area contributed by atoms with Crippen molar-refractivity contribution in [3.63, 3.8) is 0 Å². The van der Waals surface area contributed by atoms with Gasteiger partial charge in [-0.15, -0.1) is 0 Å². The first-order valence-electron chi connectivity index (χ1n) is 8.56. The standard InChI is InChI=1S/C22H21ClN2O/c1-16(19-6-5-7-20(23)14-19)24-15-17-10-12-18(13-11-17)22(26)25-21-8-3-2-4-9-21/h2-14,16,24H,15H2,1H3,(H,25,26)/t16-/m1/s1. The van der Waals surface area contributed by atoms with Gasteiger partial charge < -0.3 is 10.6 Å². The molecule has 0 bridgehead atoms. The molecule has 3 aromatic rings. The van der Waals surface area contributed by atoms with E-state index in [9.17, 15) is 4.79 Å². The summed E-state index contributed by atoms with van der Waals surface area (Å²) in [7, 11) is 0. The molecule has 3 rings (SSSR count). The average Bonchev–Trinajstić information content (AvgIpc) is 2.67. The average molecular weight is 365 g/mol. The summed E-state index contributed by atoms with van der Waals surface area (Å²) in [4.78, 5) is 12.3. The lowest BCUT2D eigenvalue weighted by Crippen LogP contribution is -2.18. The Morgan fingerprint density at radius 2 is 1.69 bits per heavy atom. The van der Waals surface area contributed by atoms with E-state index in [1.807, 2.05) is 72.8 Å². The molecule has 0 aliphatic carbocycles. The van der Waals surface area contributed by atoms with Crippen LogP contribution in [0.5, 0.6) is 0 Å².